The average Bonchev–Trinajstić information content (AvgIpc) is 2.72. The molecule has 0 heterocycles. The van der Waals surface area contributed by atoms with Crippen LogP contribution in [-0.4, -0.2) is 170 Å². The number of aliphatic hydroxyl groups is 10. The molecule has 43 heavy (non-hydrogen) atoms. The van der Waals surface area contributed by atoms with Crippen molar-refractivity contribution in [2.75, 3.05) is 13.2 Å². The van der Waals surface area contributed by atoms with Gasteiger partial charge in [-0.1, -0.05) is 0 Å². The van der Waals surface area contributed by atoms with E-state index in [4.69, 9.17) is 96.3 Å². The number of aliphatic carboxylic acids is 2. The molecule has 236 valence electrons. The summed E-state index contributed by atoms with van der Waals surface area (Å²) in [6, 6.07) is 0. The molecule has 8 atom stereocenters. The molecule has 0 unspecified atom stereocenters. The van der Waals surface area contributed by atoms with Crippen molar-refractivity contribution in [1.29, 1.82) is 0 Å². The van der Waals surface area contributed by atoms with Gasteiger partial charge in [0, 0.05) is 0 Å². The Kier molecular flexibility index (Phi) is 65.8. The Bertz CT molecular complexity index is 751. The van der Waals surface area contributed by atoms with E-state index in [0.717, 1.165) is 0 Å². The molecule has 0 fully saturated rings. The van der Waals surface area contributed by atoms with E-state index in [1.807, 2.05) is 0 Å². The van der Waals surface area contributed by atoms with E-state index in [0.29, 0.717) is 0 Å². The Morgan fingerprint density at radius 3 is 0.698 bits per heavy atom. The summed E-state index contributed by atoms with van der Waals surface area (Å²) in [5.41, 5.74) is 0. The molecule has 0 aromatic rings. The summed E-state index contributed by atoms with van der Waals surface area (Å²) in [7, 11) is -9.33. The van der Waals surface area contributed by atoms with Gasteiger partial charge in [-0.05, 0) is 0 Å². The van der Waals surface area contributed by atoms with Gasteiger partial charge in [0.25, 0.3) is 0 Å². The third-order valence-corrected chi connectivity index (χ3v) is 3.02. The summed E-state index contributed by atoms with van der Waals surface area (Å²) in [6.45, 7) is -1.69. The van der Waals surface area contributed by atoms with Crippen LogP contribution in [0.3, 0.4) is 0 Å². The zero-order valence-corrected chi connectivity index (χ0v) is 38.3. The molecule has 16 N–H and O–H groups in total. The summed E-state index contributed by atoms with van der Waals surface area (Å²) < 4.78 is 63.2. The van der Waals surface area contributed by atoms with Gasteiger partial charge in [-0.15, -0.1) is 0 Å². The predicted octanol–water partition coefficient (Wildman–Crippen LogP) is -8.54. The first-order valence-electron chi connectivity index (χ1n) is 8.34. The number of carbonyl (C=O) groups is 2. The van der Waals surface area contributed by atoms with Crippen molar-refractivity contribution in [3.05, 3.63) is 0 Å². The van der Waals surface area contributed by atoms with Gasteiger partial charge < -0.3 is 72.2 Å². The topological polar surface area (TPSA) is 483 Å². The fourth-order valence-corrected chi connectivity index (χ4v) is 1.34. The van der Waals surface area contributed by atoms with Crippen molar-refractivity contribution in [1.82, 2.24) is 0 Å². The largest absolute Gasteiger partial charge is 2.00 e. The van der Waals surface area contributed by atoms with Crippen LogP contribution in [0.4, 0.5) is 0 Å². The molecule has 0 rings (SSSR count). The van der Waals surface area contributed by atoms with E-state index in [1.165, 1.54) is 0 Å². The van der Waals surface area contributed by atoms with Crippen molar-refractivity contribution in [2.24, 2.45) is 0 Å². The molecule has 0 saturated carbocycles. The van der Waals surface area contributed by atoms with Crippen LogP contribution in [0.25, 0.3) is 0 Å². The van der Waals surface area contributed by atoms with E-state index in [-0.39, 0.29) is 108 Å². The second-order valence-electron chi connectivity index (χ2n) is 5.92. The molecule has 0 aliphatic rings. The average molecular weight is 947 g/mol. The van der Waals surface area contributed by atoms with Gasteiger partial charge >= 0.3 is 130 Å². The Morgan fingerprint density at radius 1 is 0.465 bits per heavy atom. The minimum Gasteiger partial charge on any atom is -2.00 e. The van der Waals surface area contributed by atoms with Gasteiger partial charge in [-0.25, -0.2) is 9.59 Å². The van der Waals surface area contributed by atoms with Crippen LogP contribution in [0.5, 0.6) is 0 Å². The predicted molar refractivity (Wildman–Crippen MR) is 107 cm³/mol. The SMILES string of the molecule is O=C(O)[C@H](O)[C@@H](O)[C@H](O)[C@H](O)CO.O=C(O)[C@H](O)[C@@H](O)[C@H](O)[C@H](O)CO.O=S(=O)(O)O.O=S(=O)(O)O.[O-2].[O-2].[Zn+2].[Zn+2].[Zn+2].[Zn+2].[Zn+2]. The number of hydrogen-bond acceptors (Lipinski definition) is 16. The number of rotatable bonds is 10. The monoisotopic (exact) mass is 940 g/mol. The van der Waals surface area contributed by atoms with Crippen LogP contribution in [0, 0.1) is 0 Å². The van der Waals surface area contributed by atoms with Gasteiger partial charge in [0.1, 0.15) is 36.6 Å². The molecule has 0 aromatic carbocycles. The Balaban J connectivity index is -0.0000000359. The third kappa shape index (κ3) is 53.1. The maximum Gasteiger partial charge on any atom is 2.00 e. The fraction of sp³-hybridized carbons (Fsp3) is 0.833. The first-order valence-corrected chi connectivity index (χ1v) is 11.1. The molecule has 0 aliphatic carbocycles. The van der Waals surface area contributed by atoms with E-state index in [1.54, 1.807) is 0 Å². The minimum atomic E-state index is -4.67. The van der Waals surface area contributed by atoms with Crippen molar-refractivity contribution in [3.63, 3.8) is 0 Å². The molecule has 0 aliphatic heterocycles. The first kappa shape index (κ1) is 74.9. The Hall–Kier alpha value is 1.32. The van der Waals surface area contributed by atoms with E-state index >= 15 is 0 Å². The second kappa shape index (κ2) is 37.8. The number of hydrogen-bond donors (Lipinski definition) is 16. The van der Waals surface area contributed by atoms with Crippen LogP contribution in [0.2, 0.25) is 0 Å². The standard InChI is InChI=1S/2C6H12O7.2H2O4S.2O.5Zn/c2*7-1-2(8)3(9)4(10)5(11)6(12)13;2*1-5(2,3)4;;;;;;;/h2*2-5,7-11H,1H2,(H,12,13);2*(H2,1,2,3,4);;;;;;;/q;;;;2*-2;5*+2/t2*2-,3-,4+,5-;;;;;;;;;/m11........./s1. The zero-order valence-electron chi connectivity index (χ0n) is 21.8. The van der Waals surface area contributed by atoms with Crippen molar-refractivity contribution >= 4 is 32.7 Å². The summed E-state index contributed by atoms with van der Waals surface area (Å²) in [4.78, 5) is 20.2. The number of aliphatic hydroxyl groups excluding tert-OH is 10. The maximum absolute atomic E-state index is 10.1. The number of carboxylic acid groups (broad SMARTS) is 2. The fourth-order valence-electron chi connectivity index (χ4n) is 1.34. The summed E-state index contributed by atoms with van der Waals surface area (Å²) in [5.74, 6) is -3.45. The van der Waals surface area contributed by atoms with E-state index in [9.17, 15) is 9.59 Å². The Morgan fingerprint density at radius 2 is 0.605 bits per heavy atom. The third-order valence-electron chi connectivity index (χ3n) is 3.02. The summed E-state index contributed by atoms with van der Waals surface area (Å²) >= 11 is 0. The van der Waals surface area contributed by atoms with Crippen LogP contribution in [-0.2, 0) is 139 Å². The van der Waals surface area contributed by atoms with E-state index in [2.05, 4.69) is 0 Å². The molecule has 0 bridgehead atoms. The molecule has 0 saturated heterocycles. The molecule has 0 radical (unpaired) electrons. The molecular weight excluding hydrogens is 919 g/mol. The van der Waals surface area contributed by atoms with Crippen LogP contribution < -0.4 is 0 Å². The molecule has 0 aromatic heterocycles. The molecule has 0 amide bonds. The van der Waals surface area contributed by atoms with Gasteiger partial charge in [0.2, 0.25) is 0 Å². The quantitative estimate of drug-likeness (QED) is 0.0714. The zero-order chi connectivity index (χ0) is 30.2. The van der Waals surface area contributed by atoms with Crippen LogP contribution in [0.1, 0.15) is 0 Å². The van der Waals surface area contributed by atoms with Crippen LogP contribution in [0.15, 0.2) is 0 Å². The number of carboxylic acids is 2. The van der Waals surface area contributed by atoms with Gasteiger partial charge in [0.05, 0.1) is 13.2 Å². The van der Waals surface area contributed by atoms with Gasteiger partial charge in [-0.2, -0.15) is 16.8 Å². The first-order chi connectivity index (χ1) is 15.8. The molecular formula is C12H28O24S2Zn5+6. The molecule has 24 nitrogen and oxygen atoms in total. The van der Waals surface area contributed by atoms with Gasteiger partial charge in [-0.3, -0.25) is 18.2 Å². The smallest absolute Gasteiger partial charge is 2.00 e. The van der Waals surface area contributed by atoms with Crippen molar-refractivity contribution in [3.8, 4) is 0 Å². The summed E-state index contributed by atoms with van der Waals surface area (Å²) in [5, 5.41) is 104. The van der Waals surface area contributed by atoms with Crippen molar-refractivity contribution < 1.29 is 214 Å². The summed E-state index contributed by atoms with van der Waals surface area (Å²) in [6.07, 6.45) is -15.7. The Labute approximate surface area is 306 Å². The second-order valence-corrected chi connectivity index (χ2v) is 7.72. The normalized spacial score (nSPS) is 15.0. The molecule has 0 spiro atoms. The van der Waals surface area contributed by atoms with Gasteiger partial charge in [0.15, 0.2) is 12.2 Å². The molecule has 31 heteroatoms. The minimum absolute atomic E-state index is 0. The maximum atomic E-state index is 10.1. The van der Waals surface area contributed by atoms with Crippen LogP contribution >= 0.6 is 0 Å². The van der Waals surface area contributed by atoms with E-state index < -0.39 is 94.8 Å². The van der Waals surface area contributed by atoms with Crippen molar-refractivity contribution in [2.45, 2.75) is 48.8 Å².